The van der Waals surface area contributed by atoms with Crippen LogP contribution in [-0.4, -0.2) is 32.8 Å². The van der Waals surface area contributed by atoms with Crippen LogP contribution in [-0.2, 0) is 6.54 Å². The molecule has 0 aliphatic carbocycles. The van der Waals surface area contributed by atoms with Crippen LogP contribution in [0.2, 0.25) is 0 Å². The summed E-state index contributed by atoms with van der Waals surface area (Å²) in [6.07, 6.45) is 0. The van der Waals surface area contributed by atoms with Gasteiger partial charge in [-0.1, -0.05) is 5.16 Å². The van der Waals surface area contributed by atoms with Gasteiger partial charge < -0.3 is 15.2 Å². The third-order valence-electron chi connectivity index (χ3n) is 2.23. The van der Waals surface area contributed by atoms with Crippen LogP contribution in [0.4, 0.5) is 5.82 Å². The van der Waals surface area contributed by atoms with E-state index in [-0.39, 0.29) is 18.1 Å². The zero-order valence-electron chi connectivity index (χ0n) is 10.7. The average molecular weight is 262 g/mol. The molecule has 0 saturated carbocycles. The number of nitrogens with zero attached hydrogens (tertiary/aromatic N) is 4. The van der Waals surface area contributed by atoms with Gasteiger partial charge in [-0.25, -0.2) is 0 Å². The first-order valence-electron chi connectivity index (χ1n) is 5.84. The van der Waals surface area contributed by atoms with Gasteiger partial charge in [0.05, 0.1) is 6.54 Å². The molecule has 0 fully saturated rings. The molecule has 0 saturated heterocycles. The molecule has 8 heteroatoms. The number of nitrogens with one attached hydrogen (secondary N) is 2. The molecule has 0 spiro atoms. The molecule has 0 bridgehead atoms. The maximum atomic E-state index is 11.8. The van der Waals surface area contributed by atoms with Crippen molar-refractivity contribution in [1.29, 1.82) is 0 Å². The van der Waals surface area contributed by atoms with Crippen molar-refractivity contribution in [2.45, 2.75) is 20.4 Å². The van der Waals surface area contributed by atoms with Gasteiger partial charge in [0.1, 0.15) is 5.82 Å². The fourth-order valence-electron chi connectivity index (χ4n) is 1.39. The van der Waals surface area contributed by atoms with E-state index in [0.29, 0.717) is 17.5 Å². The van der Waals surface area contributed by atoms with E-state index in [1.807, 2.05) is 6.92 Å². The average Bonchev–Trinajstić information content (AvgIpc) is 2.83. The molecule has 8 nitrogen and oxygen atoms in total. The van der Waals surface area contributed by atoms with Crippen molar-refractivity contribution in [2.75, 3.05) is 11.9 Å². The molecule has 2 aromatic rings. The minimum absolute atomic E-state index is 0.187. The molecular weight excluding hydrogens is 248 g/mol. The first-order valence-corrected chi connectivity index (χ1v) is 5.84. The molecule has 19 heavy (non-hydrogen) atoms. The summed E-state index contributed by atoms with van der Waals surface area (Å²) in [4.78, 5) is 15.8. The number of hydrogen-bond donors (Lipinski definition) is 2. The molecule has 0 aliphatic rings. The van der Waals surface area contributed by atoms with Crippen molar-refractivity contribution in [1.82, 2.24) is 25.7 Å². The van der Waals surface area contributed by atoms with Gasteiger partial charge in [0, 0.05) is 13.5 Å². The lowest BCUT2D eigenvalue weighted by Crippen LogP contribution is -2.24. The Kier molecular flexibility index (Phi) is 4.01. The number of hydrogen-bond acceptors (Lipinski definition) is 7. The Morgan fingerprint density at radius 1 is 1.37 bits per heavy atom. The Morgan fingerprint density at radius 2 is 2.21 bits per heavy atom. The highest BCUT2D eigenvalue weighted by Gasteiger charge is 2.09. The normalized spacial score (nSPS) is 10.2. The Bertz CT molecular complexity index is 551. The Labute approximate surface area is 109 Å². The molecule has 1 amide bonds. The molecule has 2 aromatic heterocycles. The van der Waals surface area contributed by atoms with Crippen molar-refractivity contribution in [3.63, 3.8) is 0 Å². The second-order valence-electron chi connectivity index (χ2n) is 3.75. The molecule has 2 rings (SSSR count). The van der Waals surface area contributed by atoms with Crippen molar-refractivity contribution in [2.24, 2.45) is 0 Å². The molecule has 2 N–H and O–H groups in total. The Morgan fingerprint density at radius 3 is 2.79 bits per heavy atom. The second-order valence-corrected chi connectivity index (χ2v) is 3.75. The summed E-state index contributed by atoms with van der Waals surface area (Å²) in [6, 6.07) is 3.30. The van der Waals surface area contributed by atoms with E-state index in [0.717, 1.165) is 6.54 Å². The largest absolute Gasteiger partial charge is 0.369 e. The lowest BCUT2D eigenvalue weighted by atomic mass is 10.3. The molecule has 100 valence electrons. The van der Waals surface area contributed by atoms with Gasteiger partial charge in [-0.05, 0) is 19.1 Å². The Hall–Kier alpha value is -2.51. The highest BCUT2D eigenvalue weighted by atomic mass is 16.5. The lowest BCUT2D eigenvalue weighted by Gasteiger charge is -2.03. The molecule has 0 aliphatic heterocycles. The summed E-state index contributed by atoms with van der Waals surface area (Å²) >= 11 is 0. The third kappa shape index (κ3) is 3.47. The summed E-state index contributed by atoms with van der Waals surface area (Å²) in [6.45, 7) is 4.57. The predicted molar refractivity (Wildman–Crippen MR) is 66.4 cm³/mol. The van der Waals surface area contributed by atoms with Gasteiger partial charge in [0.2, 0.25) is 5.89 Å². The van der Waals surface area contributed by atoms with Gasteiger partial charge in [-0.2, -0.15) is 4.98 Å². The van der Waals surface area contributed by atoms with Crippen molar-refractivity contribution in [3.05, 3.63) is 29.5 Å². The van der Waals surface area contributed by atoms with Crippen molar-refractivity contribution >= 4 is 11.7 Å². The van der Waals surface area contributed by atoms with E-state index in [4.69, 9.17) is 4.52 Å². The maximum absolute atomic E-state index is 11.8. The van der Waals surface area contributed by atoms with Crippen LogP contribution in [0.1, 0.15) is 29.1 Å². The second kappa shape index (κ2) is 5.89. The summed E-state index contributed by atoms with van der Waals surface area (Å²) in [5, 5.41) is 17.0. The van der Waals surface area contributed by atoms with Crippen LogP contribution in [0.5, 0.6) is 0 Å². The summed E-state index contributed by atoms with van der Waals surface area (Å²) < 4.78 is 4.80. The summed E-state index contributed by atoms with van der Waals surface area (Å²) in [5.41, 5.74) is 0.238. The number of aromatic nitrogens is 4. The van der Waals surface area contributed by atoms with Gasteiger partial charge in [-0.15, -0.1) is 10.2 Å². The fourth-order valence-corrected chi connectivity index (χ4v) is 1.39. The first-order chi connectivity index (χ1) is 9.19. The van der Waals surface area contributed by atoms with Gasteiger partial charge in [-0.3, -0.25) is 4.79 Å². The quantitative estimate of drug-likeness (QED) is 0.809. The number of carbonyl (C=O) groups excluding carboxylic acids is 1. The van der Waals surface area contributed by atoms with Crippen LogP contribution >= 0.6 is 0 Å². The lowest BCUT2D eigenvalue weighted by molar-refractivity contribution is 0.0943. The number of anilines is 1. The zero-order valence-corrected chi connectivity index (χ0v) is 10.7. The standard InChI is InChI=1S/C11H14N6O2/c1-3-12-9-5-4-8(15-16-9)11(18)13-6-10-14-7(2)19-17-10/h4-5H,3,6H2,1-2H3,(H,12,16)(H,13,18). The first kappa shape index (κ1) is 12.9. The SMILES string of the molecule is CCNc1ccc(C(=O)NCc2noc(C)n2)nn1. The molecule has 0 atom stereocenters. The highest BCUT2D eigenvalue weighted by Crippen LogP contribution is 2.02. The van der Waals surface area contributed by atoms with Crippen LogP contribution in [0.15, 0.2) is 16.7 Å². The van der Waals surface area contributed by atoms with Crippen molar-refractivity contribution < 1.29 is 9.32 Å². The number of rotatable bonds is 5. The predicted octanol–water partition coefficient (Wildman–Crippen LogP) is 0.530. The number of carbonyl (C=O) groups is 1. The van der Waals surface area contributed by atoms with E-state index in [1.54, 1.807) is 19.1 Å². The van der Waals surface area contributed by atoms with Crippen LogP contribution in [0.25, 0.3) is 0 Å². The monoisotopic (exact) mass is 262 g/mol. The molecular formula is C11H14N6O2. The van der Waals surface area contributed by atoms with Gasteiger partial charge in [0.15, 0.2) is 11.5 Å². The highest BCUT2D eigenvalue weighted by molar-refractivity contribution is 5.92. The summed E-state index contributed by atoms with van der Waals surface area (Å²) in [5.74, 6) is 1.17. The summed E-state index contributed by atoms with van der Waals surface area (Å²) in [7, 11) is 0. The Balaban J connectivity index is 1.92. The number of amides is 1. The molecule has 0 radical (unpaired) electrons. The van der Waals surface area contributed by atoms with Gasteiger partial charge >= 0.3 is 0 Å². The van der Waals surface area contributed by atoms with Crippen LogP contribution in [0, 0.1) is 6.92 Å². The topological polar surface area (TPSA) is 106 Å². The van der Waals surface area contributed by atoms with Crippen LogP contribution < -0.4 is 10.6 Å². The van der Waals surface area contributed by atoms with E-state index in [9.17, 15) is 4.79 Å². The van der Waals surface area contributed by atoms with E-state index < -0.39 is 0 Å². The van der Waals surface area contributed by atoms with E-state index >= 15 is 0 Å². The minimum atomic E-state index is -0.335. The molecule has 2 heterocycles. The van der Waals surface area contributed by atoms with E-state index in [1.165, 1.54) is 0 Å². The smallest absolute Gasteiger partial charge is 0.272 e. The van der Waals surface area contributed by atoms with E-state index in [2.05, 4.69) is 31.0 Å². The zero-order chi connectivity index (χ0) is 13.7. The maximum Gasteiger partial charge on any atom is 0.272 e. The molecule has 0 unspecified atom stereocenters. The van der Waals surface area contributed by atoms with Crippen molar-refractivity contribution in [3.8, 4) is 0 Å². The third-order valence-corrected chi connectivity index (χ3v) is 2.23. The fraction of sp³-hybridized carbons (Fsp3) is 0.364. The number of aryl methyl sites for hydroxylation is 1. The van der Waals surface area contributed by atoms with Crippen LogP contribution in [0.3, 0.4) is 0 Å². The minimum Gasteiger partial charge on any atom is -0.369 e. The van der Waals surface area contributed by atoms with Gasteiger partial charge in [0.25, 0.3) is 5.91 Å². The molecule has 0 aromatic carbocycles.